The lowest BCUT2D eigenvalue weighted by atomic mass is 10.2. The predicted molar refractivity (Wildman–Crippen MR) is 105 cm³/mol. The molecule has 0 saturated carbocycles. The summed E-state index contributed by atoms with van der Waals surface area (Å²) < 4.78 is 18.6. The summed E-state index contributed by atoms with van der Waals surface area (Å²) in [5, 5.41) is 2.79. The van der Waals surface area contributed by atoms with Crippen molar-refractivity contribution in [1.29, 1.82) is 0 Å². The second kappa shape index (κ2) is 8.64. The van der Waals surface area contributed by atoms with Crippen LogP contribution in [0.2, 0.25) is 0 Å². The van der Waals surface area contributed by atoms with E-state index in [1.54, 1.807) is 36.9 Å². The second-order valence-corrected chi connectivity index (χ2v) is 6.63. The Kier molecular flexibility index (Phi) is 6.03. The second-order valence-electron chi connectivity index (χ2n) is 5.75. The molecule has 0 unspecified atom stereocenters. The maximum Gasteiger partial charge on any atom is 0.262 e. The lowest BCUT2D eigenvalue weighted by molar-refractivity contribution is -0.118. The summed E-state index contributed by atoms with van der Waals surface area (Å²) in [7, 11) is 0. The number of hydrogen-bond acceptors (Lipinski definition) is 5. The Balaban J connectivity index is 1.66. The number of halogens is 1. The van der Waals surface area contributed by atoms with Crippen LogP contribution in [0.3, 0.4) is 0 Å². The number of anilines is 1. The third kappa shape index (κ3) is 5.27. The highest BCUT2D eigenvalue weighted by Gasteiger charge is 2.09. The minimum absolute atomic E-state index is 0.178. The molecule has 1 heterocycles. The Morgan fingerprint density at radius 2 is 1.93 bits per heavy atom. The van der Waals surface area contributed by atoms with Crippen molar-refractivity contribution in [1.82, 2.24) is 9.97 Å². The summed E-state index contributed by atoms with van der Waals surface area (Å²) in [6.45, 7) is 1.62. The number of thioether (sulfide) groups is 1. The van der Waals surface area contributed by atoms with Gasteiger partial charge in [-0.05, 0) is 55.6 Å². The van der Waals surface area contributed by atoms with E-state index in [1.165, 1.54) is 12.1 Å². The van der Waals surface area contributed by atoms with Gasteiger partial charge in [-0.1, -0.05) is 6.07 Å². The molecule has 0 saturated heterocycles. The van der Waals surface area contributed by atoms with Gasteiger partial charge < -0.3 is 10.1 Å². The van der Waals surface area contributed by atoms with Crippen LogP contribution in [0.15, 0.2) is 59.5 Å². The topological polar surface area (TPSA) is 64.1 Å². The Bertz CT molecular complexity index is 948. The van der Waals surface area contributed by atoms with Crippen LogP contribution in [0.25, 0.3) is 11.4 Å². The molecule has 7 heteroatoms. The molecule has 3 rings (SSSR count). The van der Waals surface area contributed by atoms with Gasteiger partial charge in [0.1, 0.15) is 5.82 Å². The van der Waals surface area contributed by atoms with E-state index in [0.717, 1.165) is 4.90 Å². The van der Waals surface area contributed by atoms with Crippen LogP contribution in [0.5, 0.6) is 5.88 Å². The number of hydrogen-bond donors (Lipinski definition) is 1. The average molecular weight is 383 g/mol. The summed E-state index contributed by atoms with van der Waals surface area (Å²) in [5.74, 6) is 0.0888. The fraction of sp³-hybridized carbons (Fsp3) is 0.150. The standard InChI is InChI=1S/C20H18FN3O2S/c1-13-10-19(24-20(22-13)14-6-8-15(21)9-7-14)26-12-18(25)23-16-4-3-5-17(11-16)27-2/h3-11H,12H2,1-2H3,(H,23,25). The van der Waals surface area contributed by atoms with E-state index in [9.17, 15) is 9.18 Å². The molecular weight excluding hydrogens is 365 g/mol. The van der Waals surface area contributed by atoms with Crippen LogP contribution in [0.1, 0.15) is 5.69 Å². The monoisotopic (exact) mass is 383 g/mol. The van der Waals surface area contributed by atoms with Gasteiger partial charge in [-0.3, -0.25) is 4.79 Å². The van der Waals surface area contributed by atoms with E-state index < -0.39 is 0 Å². The lowest BCUT2D eigenvalue weighted by Gasteiger charge is -2.09. The summed E-state index contributed by atoms with van der Waals surface area (Å²) in [6.07, 6.45) is 1.97. The van der Waals surface area contributed by atoms with Crippen LogP contribution in [0.4, 0.5) is 10.1 Å². The summed E-state index contributed by atoms with van der Waals surface area (Å²) in [6, 6.07) is 15.1. The molecule has 3 aromatic rings. The van der Waals surface area contributed by atoms with Crippen LogP contribution < -0.4 is 10.1 Å². The largest absolute Gasteiger partial charge is 0.467 e. The molecule has 0 aliphatic carbocycles. The fourth-order valence-corrected chi connectivity index (χ4v) is 2.84. The first kappa shape index (κ1) is 18.8. The molecule has 5 nitrogen and oxygen atoms in total. The number of ether oxygens (including phenoxy) is 1. The van der Waals surface area contributed by atoms with Crippen molar-refractivity contribution < 1.29 is 13.9 Å². The van der Waals surface area contributed by atoms with Crippen molar-refractivity contribution in [2.75, 3.05) is 18.2 Å². The van der Waals surface area contributed by atoms with Gasteiger partial charge >= 0.3 is 0 Å². The predicted octanol–water partition coefficient (Wildman–Crippen LogP) is 4.33. The molecule has 0 spiro atoms. The van der Waals surface area contributed by atoms with Crippen molar-refractivity contribution in [2.24, 2.45) is 0 Å². The van der Waals surface area contributed by atoms with E-state index in [2.05, 4.69) is 15.3 Å². The normalized spacial score (nSPS) is 10.5. The Labute approximate surface area is 161 Å². The molecule has 27 heavy (non-hydrogen) atoms. The minimum atomic E-state index is -0.329. The number of aromatic nitrogens is 2. The fourth-order valence-electron chi connectivity index (χ4n) is 2.38. The number of carbonyl (C=O) groups is 1. The van der Waals surface area contributed by atoms with Gasteiger partial charge in [0.25, 0.3) is 5.91 Å². The molecule has 0 aliphatic heterocycles. The first-order valence-corrected chi connectivity index (χ1v) is 9.44. The highest BCUT2D eigenvalue weighted by atomic mass is 32.2. The highest BCUT2D eigenvalue weighted by Crippen LogP contribution is 2.20. The smallest absolute Gasteiger partial charge is 0.262 e. The summed E-state index contributed by atoms with van der Waals surface area (Å²) >= 11 is 1.60. The van der Waals surface area contributed by atoms with Gasteiger partial charge in [0.15, 0.2) is 12.4 Å². The number of amides is 1. The van der Waals surface area contributed by atoms with E-state index in [-0.39, 0.29) is 24.2 Å². The maximum atomic E-state index is 13.1. The quantitative estimate of drug-likeness (QED) is 0.642. The number of aryl methyl sites for hydroxylation is 1. The van der Waals surface area contributed by atoms with Crippen LogP contribution in [-0.4, -0.2) is 28.7 Å². The molecule has 1 N–H and O–H groups in total. The molecule has 2 aromatic carbocycles. The zero-order valence-corrected chi connectivity index (χ0v) is 15.7. The number of nitrogens with zero attached hydrogens (tertiary/aromatic N) is 2. The van der Waals surface area contributed by atoms with Gasteiger partial charge in [-0.25, -0.2) is 9.37 Å². The number of nitrogens with one attached hydrogen (secondary N) is 1. The molecule has 0 aliphatic rings. The maximum absolute atomic E-state index is 13.1. The van der Waals surface area contributed by atoms with Gasteiger partial charge in [0.2, 0.25) is 5.88 Å². The van der Waals surface area contributed by atoms with Crippen molar-refractivity contribution in [3.8, 4) is 17.3 Å². The minimum Gasteiger partial charge on any atom is -0.467 e. The Morgan fingerprint density at radius 3 is 2.67 bits per heavy atom. The summed E-state index contributed by atoms with van der Waals surface area (Å²) in [5.41, 5.74) is 2.07. The van der Waals surface area contributed by atoms with Crippen LogP contribution in [0, 0.1) is 12.7 Å². The van der Waals surface area contributed by atoms with E-state index >= 15 is 0 Å². The van der Waals surface area contributed by atoms with E-state index in [4.69, 9.17) is 4.74 Å². The summed E-state index contributed by atoms with van der Waals surface area (Å²) in [4.78, 5) is 21.8. The molecule has 1 aromatic heterocycles. The zero-order chi connectivity index (χ0) is 19.2. The number of benzene rings is 2. The molecular formula is C20H18FN3O2S. The van der Waals surface area contributed by atoms with Crippen molar-refractivity contribution in [3.05, 3.63) is 66.1 Å². The molecule has 1 amide bonds. The SMILES string of the molecule is CSc1cccc(NC(=O)COc2cc(C)nc(-c3ccc(F)cc3)n2)c1. The molecule has 138 valence electrons. The molecule has 0 bridgehead atoms. The highest BCUT2D eigenvalue weighted by molar-refractivity contribution is 7.98. The van der Waals surface area contributed by atoms with Gasteiger partial charge in [0, 0.05) is 27.9 Å². The third-order valence-corrected chi connectivity index (χ3v) is 4.36. The first-order valence-electron chi connectivity index (χ1n) is 8.22. The Hall–Kier alpha value is -2.93. The van der Waals surface area contributed by atoms with Gasteiger partial charge in [-0.2, -0.15) is 4.98 Å². The van der Waals surface area contributed by atoms with Crippen LogP contribution >= 0.6 is 11.8 Å². The van der Waals surface area contributed by atoms with Crippen molar-refractivity contribution in [2.45, 2.75) is 11.8 Å². The van der Waals surface area contributed by atoms with Gasteiger partial charge in [0.05, 0.1) is 0 Å². The lowest BCUT2D eigenvalue weighted by Crippen LogP contribution is -2.20. The number of carbonyl (C=O) groups excluding carboxylic acids is 1. The molecule has 0 radical (unpaired) electrons. The van der Waals surface area contributed by atoms with Gasteiger partial charge in [-0.15, -0.1) is 11.8 Å². The first-order chi connectivity index (χ1) is 13.0. The molecule has 0 fully saturated rings. The average Bonchev–Trinajstić information content (AvgIpc) is 2.67. The molecule has 0 atom stereocenters. The zero-order valence-electron chi connectivity index (χ0n) is 14.9. The van der Waals surface area contributed by atoms with Crippen molar-refractivity contribution in [3.63, 3.8) is 0 Å². The third-order valence-electron chi connectivity index (χ3n) is 3.64. The van der Waals surface area contributed by atoms with Crippen molar-refractivity contribution >= 4 is 23.4 Å². The van der Waals surface area contributed by atoms with E-state index in [1.807, 2.05) is 30.5 Å². The number of rotatable bonds is 6. The van der Waals surface area contributed by atoms with Crippen LogP contribution in [-0.2, 0) is 4.79 Å². The Morgan fingerprint density at radius 1 is 1.15 bits per heavy atom. The van der Waals surface area contributed by atoms with E-state index in [0.29, 0.717) is 22.8 Å².